The summed E-state index contributed by atoms with van der Waals surface area (Å²) < 4.78 is 31.2. The van der Waals surface area contributed by atoms with Gasteiger partial charge in [0.15, 0.2) is 9.90 Å². The molecule has 0 aliphatic heterocycles. The van der Waals surface area contributed by atoms with E-state index in [-0.39, 0.29) is 9.90 Å². The molecular formula is C12H12N2O4S2. The summed E-state index contributed by atoms with van der Waals surface area (Å²) in [6, 6.07) is 6.86. The molecule has 20 heavy (non-hydrogen) atoms. The van der Waals surface area contributed by atoms with Crippen molar-refractivity contribution >= 4 is 33.0 Å². The maximum Gasteiger partial charge on any atom is 0.358 e. The Hall–Kier alpha value is -1.93. The number of aryl methyl sites for hydroxylation is 1. The van der Waals surface area contributed by atoms with Gasteiger partial charge in [-0.05, 0) is 19.1 Å². The summed E-state index contributed by atoms with van der Waals surface area (Å²) in [5, 5.41) is 0. The monoisotopic (exact) mass is 312 g/mol. The van der Waals surface area contributed by atoms with E-state index < -0.39 is 16.0 Å². The van der Waals surface area contributed by atoms with Crippen molar-refractivity contribution in [1.82, 2.24) is 4.98 Å². The zero-order chi connectivity index (χ0) is 14.8. The molecule has 0 atom stereocenters. The molecular weight excluding hydrogens is 300 g/mol. The Morgan fingerprint density at radius 1 is 1.30 bits per heavy atom. The van der Waals surface area contributed by atoms with Crippen molar-refractivity contribution in [3.63, 3.8) is 0 Å². The Kier molecular flexibility index (Phi) is 4.05. The van der Waals surface area contributed by atoms with E-state index in [0.717, 1.165) is 16.9 Å². The maximum atomic E-state index is 12.2. The summed E-state index contributed by atoms with van der Waals surface area (Å²) >= 11 is 0.860. The summed E-state index contributed by atoms with van der Waals surface area (Å²) in [6.45, 7) is 1.90. The average molecular weight is 312 g/mol. The van der Waals surface area contributed by atoms with Crippen molar-refractivity contribution in [2.45, 2.75) is 11.1 Å². The highest BCUT2D eigenvalue weighted by molar-refractivity contribution is 7.94. The first-order chi connectivity index (χ1) is 9.44. The number of nitrogens with one attached hydrogen (secondary N) is 1. The van der Waals surface area contributed by atoms with Crippen LogP contribution >= 0.6 is 11.3 Å². The van der Waals surface area contributed by atoms with Gasteiger partial charge in [0, 0.05) is 5.69 Å². The molecule has 0 radical (unpaired) electrons. The van der Waals surface area contributed by atoms with Crippen molar-refractivity contribution < 1.29 is 17.9 Å². The van der Waals surface area contributed by atoms with E-state index in [9.17, 15) is 13.2 Å². The largest absolute Gasteiger partial charge is 0.464 e. The second-order valence-electron chi connectivity index (χ2n) is 3.95. The number of rotatable bonds is 4. The summed E-state index contributed by atoms with van der Waals surface area (Å²) in [7, 11) is -2.69. The molecule has 106 valence electrons. The van der Waals surface area contributed by atoms with Crippen LogP contribution in [0.1, 0.15) is 16.1 Å². The molecule has 6 nitrogen and oxygen atoms in total. The van der Waals surface area contributed by atoms with Crippen LogP contribution in [0.2, 0.25) is 0 Å². The zero-order valence-corrected chi connectivity index (χ0v) is 12.4. The molecule has 0 aliphatic carbocycles. The zero-order valence-electron chi connectivity index (χ0n) is 10.8. The van der Waals surface area contributed by atoms with Gasteiger partial charge in [0.2, 0.25) is 0 Å². The minimum Gasteiger partial charge on any atom is -0.464 e. The number of methoxy groups -OCH3 is 1. The van der Waals surface area contributed by atoms with Gasteiger partial charge in [-0.15, -0.1) is 11.3 Å². The number of carbonyl (C=O) groups excluding carboxylic acids is 1. The second kappa shape index (κ2) is 5.59. The van der Waals surface area contributed by atoms with Crippen LogP contribution in [0.4, 0.5) is 5.69 Å². The van der Waals surface area contributed by atoms with Crippen molar-refractivity contribution in [2.24, 2.45) is 0 Å². The number of anilines is 1. The standard InChI is InChI=1S/C12H12N2O4S2/c1-8-3-5-9(6-4-8)14-20(16,17)12-10(11(15)18-2)13-7-19-12/h3-7,14H,1-2H3. The van der Waals surface area contributed by atoms with Crippen LogP contribution in [-0.4, -0.2) is 26.5 Å². The number of aromatic nitrogens is 1. The number of esters is 1. The highest BCUT2D eigenvalue weighted by atomic mass is 32.2. The SMILES string of the molecule is COC(=O)c1ncsc1S(=O)(=O)Nc1ccc(C)cc1. The van der Waals surface area contributed by atoms with E-state index in [0.29, 0.717) is 5.69 Å². The number of nitrogens with zero attached hydrogens (tertiary/aromatic N) is 1. The Labute approximate surface area is 120 Å². The minimum atomic E-state index is -3.86. The van der Waals surface area contributed by atoms with Gasteiger partial charge in [-0.2, -0.15) is 0 Å². The maximum absolute atomic E-state index is 12.2. The van der Waals surface area contributed by atoms with Crippen molar-refractivity contribution in [3.05, 3.63) is 41.0 Å². The van der Waals surface area contributed by atoms with Crippen LogP contribution in [0.3, 0.4) is 0 Å². The number of thiazole rings is 1. The summed E-state index contributed by atoms with van der Waals surface area (Å²) in [5.41, 5.74) is 2.51. The summed E-state index contributed by atoms with van der Waals surface area (Å²) in [6.07, 6.45) is 0. The highest BCUT2D eigenvalue weighted by Crippen LogP contribution is 2.23. The van der Waals surface area contributed by atoms with Crippen molar-refractivity contribution in [3.8, 4) is 0 Å². The lowest BCUT2D eigenvalue weighted by atomic mass is 10.2. The second-order valence-corrected chi connectivity index (χ2v) is 6.68. The molecule has 0 aliphatic rings. The molecule has 1 N–H and O–H groups in total. The van der Waals surface area contributed by atoms with Crippen molar-refractivity contribution in [1.29, 1.82) is 0 Å². The summed E-state index contributed by atoms with van der Waals surface area (Å²) in [5.74, 6) is -0.782. The number of hydrogen-bond donors (Lipinski definition) is 1. The molecule has 1 aromatic heterocycles. The fraction of sp³-hybridized carbons (Fsp3) is 0.167. The van der Waals surface area contributed by atoms with Crippen LogP contribution in [0, 0.1) is 6.92 Å². The lowest BCUT2D eigenvalue weighted by molar-refractivity contribution is 0.0590. The first kappa shape index (κ1) is 14.5. The number of benzene rings is 1. The number of hydrogen-bond acceptors (Lipinski definition) is 6. The third-order valence-electron chi connectivity index (χ3n) is 2.46. The minimum absolute atomic E-state index is 0.162. The fourth-order valence-electron chi connectivity index (χ4n) is 1.48. The topological polar surface area (TPSA) is 85.4 Å². The normalized spacial score (nSPS) is 11.1. The van der Waals surface area contributed by atoms with Gasteiger partial charge >= 0.3 is 5.97 Å². The van der Waals surface area contributed by atoms with Crippen LogP contribution in [0.25, 0.3) is 0 Å². The molecule has 0 bridgehead atoms. The van der Waals surface area contributed by atoms with Gasteiger partial charge in [-0.3, -0.25) is 4.72 Å². The first-order valence-electron chi connectivity index (χ1n) is 5.55. The molecule has 0 saturated carbocycles. The highest BCUT2D eigenvalue weighted by Gasteiger charge is 2.26. The van der Waals surface area contributed by atoms with Gasteiger partial charge in [0.05, 0.1) is 12.6 Å². The third kappa shape index (κ3) is 2.97. The third-order valence-corrected chi connectivity index (χ3v) is 5.21. The lowest BCUT2D eigenvalue weighted by Gasteiger charge is -2.07. The van der Waals surface area contributed by atoms with E-state index in [1.54, 1.807) is 24.3 Å². The van der Waals surface area contributed by atoms with E-state index in [4.69, 9.17) is 0 Å². The Morgan fingerprint density at radius 2 is 1.95 bits per heavy atom. The number of sulfonamides is 1. The Balaban J connectivity index is 2.34. The fourth-order valence-corrected chi connectivity index (χ4v) is 3.67. The summed E-state index contributed by atoms with van der Waals surface area (Å²) in [4.78, 5) is 15.2. The van der Waals surface area contributed by atoms with Crippen LogP contribution in [0.5, 0.6) is 0 Å². The average Bonchev–Trinajstić information content (AvgIpc) is 2.90. The number of ether oxygens (including phenoxy) is 1. The van der Waals surface area contributed by atoms with E-state index in [2.05, 4.69) is 14.4 Å². The Morgan fingerprint density at radius 3 is 2.55 bits per heavy atom. The van der Waals surface area contributed by atoms with Crippen LogP contribution in [-0.2, 0) is 14.8 Å². The molecule has 0 unspecified atom stereocenters. The molecule has 2 rings (SSSR count). The van der Waals surface area contributed by atoms with Gasteiger partial charge in [0.1, 0.15) is 0 Å². The van der Waals surface area contributed by atoms with E-state index >= 15 is 0 Å². The molecule has 2 aromatic rings. The van der Waals surface area contributed by atoms with E-state index in [1.807, 2.05) is 6.92 Å². The quantitative estimate of drug-likeness (QED) is 0.873. The smallest absolute Gasteiger partial charge is 0.358 e. The number of carbonyl (C=O) groups is 1. The molecule has 8 heteroatoms. The predicted molar refractivity (Wildman–Crippen MR) is 75.4 cm³/mol. The van der Waals surface area contributed by atoms with Crippen molar-refractivity contribution in [2.75, 3.05) is 11.8 Å². The van der Waals surface area contributed by atoms with E-state index in [1.165, 1.54) is 12.6 Å². The molecule has 0 saturated heterocycles. The molecule has 1 aromatic carbocycles. The molecule has 1 heterocycles. The van der Waals surface area contributed by atoms with Gasteiger partial charge < -0.3 is 4.74 Å². The Bertz CT molecular complexity index is 720. The van der Waals surface area contributed by atoms with Crippen LogP contribution < -0.4 is 4.72 Å². The van der Waals surface area contributed by atoms with Gasteiger partial charge in [-0.25, -0.2) is 18.2 Å². The molecule has 0 fully saturated rings. The first-order valence-corrected chi connectivity index (χ1v) is 7.91. The lowest BCUT2D eigenvalue weighted by Crippen LogP contribution is -2.16. The van der Waals surface area contributed by atoms with Gasteiger partial charge in [0.25, 0.3) is 10.0 Å². The molecule has 0 amide bonds. The van der Waals surface area contributed by atoms with Crippen LogP contribution in [0.15, 0.2) is 34.0 Å². The molecule has 0 spiro atoms. The predicted octanol–water partition coefficient (Wildman–Crippen LogP) is 2.04. The van der Waals surface area contributed by atoms with Gasteiger partial charge in [-0.1, -0.05) is 17.7 Å².